The summed E-state index contributed by atoms with van der Waals surface area (Å²) in [7, 11) is -1.96. The van der Waals surface area contributed by atoms with Gasteiger partial charge in [-0.25, -0.2) is 23.1 Å². The average Bonchev–Trinajstić information content (AvgIpc) is 2.49. The van der Waals surface area contributed by atoms with Crippen LogP contribution in [0.4, 0.5) is 5.95 Å². The third-order valence-electron chi connectivity index (χ3n) is 2.80. The average molecular weight is 308 g/mol. The molecule has 21 heavy (non-hydrogen) atoms. The molecule has 8 heteroatoms. The zero-order valence-corrected chi connectivity index (χ0v) is 12.3. The Kier molecular flexibility index (Phi) is 4.71. The van der Waals surface area contributed by atoms with Gasteiger partial charge in [0.05, 0.1) is 12.4 Å². The molecule has 1 aromatic carbocycles. The first-order valence-corrected chi connectivity index (χ1v) is 7.77. The molecule has 0 atom stereocenters. The number of sulfonamides is 1. The second-order valence-corrected chi connectivity index (χ2v) is 6.07. The number of nitrogens with zero attached hydrogens (tertiary/aromatic N) is 2. The molecule has 112 valence electrons. The second-order valence-electron chi connectivity index (χ2n) is 4.31. The zero-order valence-electron chi connectivity index (χ0n) is 11.4. The highest BCUT2D eigenvalue weighted by molar-refractivity contribution is 7.89. The van der Waals surface area contributed by atoms with Gasteiger partial charge in [-0.1, -0.05) is 12.1 Å². The lowest BCUT2D eigenvalue weighted by Crippen LogP contribution is -2.26. The number of benzene rings is 1. The minimum atomic E-state index is -3.62. The quantitative estimate of drug-likeness (QED) is 0.727. The first-order valence-electron chi connectivity index (χ1n) is 6.28. The van der Waals surface area contributed by atoms with Crippen LogP contribution in [0.5, 0.6) is 5.75 Å². The highest BCUT2D eigenvalue weighted by atomic mass is 32.2. The first-order chi connectivity index (χ1) is 10.0. The van der Waals surface area contributed by atoms with E-state index in [-0.39, 0.29) is 17.2 Å². The van der Waals surface area contributed by atoms with Crippen molar-refractivity contribution in [1.82, 2.24) is 14.7 Å². The number of anilines is 1. The lowest BCUT2D eigenvalue weighted by atomic mass is 10.1. The molecule has 1 aromatic heterocycles. The summed E-state index contributed by atoms with van der Waals surface area (Å²) in [6, 6.07) is 6.62. The van der Waals surface area contributed by atoms with Gasteiger partial charge in [-0.3, -0.25) is 0 Å². The van der Waals surface area contributed by atoms with E-state index in [1.165, 1.54) is 12.4 Å². The van der Waals surface area contributed by atoms with Gasteiger partial charge in [-0.05, 0) is 24.1 Å². The minimum absolute atomic E-state index is 0.0206. The molecule has 0 bridgehead atoms. The van der Waals surface area contributed by atoms with Crippen molar-refractivity contribution in [1.29, 1.82) is 0 Å². The maximum absolute atomic E-state index is 12.0. The summed E-state index contributed by atoms with van der Waals surface area (Å²) >= 11 is 0. The third kappa shape index (κ3) is 4.14. The van der Waals surface area contributed by atoms with Crippen molar-refractivity contribution in [3.8, 4) is 5.75 Å². The normalized spacial score (nSPS) is 11.3. The van der Waals surface area contributed by atoms with Gasteiger partial charge in [0.1, 0.15) is 10.6 Å². The smallest absolute Gasteiger partial charge is 0.243 e. The Labute approximate surface area is 123 Å². The Morgan fingerprint density at radius 2 is 1.76 bits per heavy atom. The second kappa shape index (κ2) is 6.51. The molecule has 1 heterocycles. The fourth-order valence-corrected chi connectivity index (χ4v) is 2.58. The number of aromatic nitrogens is 2. The number of aromatic hydroxyl groups is 1. The van der Waals surface area contributed by atoms with Crippen LogP contribution in [0.2, 0.25) is 0 Å². The third-order valence-corrected chi connectivity index (χ3v) is 4.22. The van der Waals surface area contributed by atoms with E-state index < -0.39 is 10.0 Å². The van der Waals surface area contributed by atoms with Crippen LogP contribution in [0.25, 0.3) is 0 Å². The van der Waals surface area contributed by atoms with Crippen LogP contribution in [-0.2, 0) is 16.4 Å². The summed E-state index contributed by atoms with van der Waals surface area (Å²) in [6.07, 6.45) is 3.03. The van der Waals surface area contributed by atoms with Gasteiger partial charge in [0.2, 0.25) is 16.0 Å². The molecule has 3 N–H and O–H groups in total. The monoisotopic (exact) mass is 308 g/mol. The number of nitrogens with one attached hydrogen (secondary N) is 2. The van der Waals surface area contributed by atoms with Crippen molar-refractivity contribution in [3.05, 3.63) is 42.2 Å². The van der Waals surface area contributed by atoms with Gasteiger partial charge in [0.15, 0.2) is 0 Å². The Bertz CT molecular complexity index is 684. The van der Waals surface area contributed by atoms with Gasteiger partial charge in [0.25, 0.3) is 0 Å². The van der Waals surface area contributed by atoms with Gasteiger partial charge in [0, 0.05) is 13.6 Å². The van der Waals surface area contributed by atoms with E-state index in [2.05, 4.69) is 20.0 Å². The number of rotatable bonds is 6. The van der Waals surface area contributed by atoms with Gasteiger partial charge >= 0.3 is 0 Å². The Morgan fingerprint density at radius 1 is 1.14 bits per heavy atom. The fourth-order valence-electron chi connectivity index (χ4n) is 1.66. The topological polar surface area (TPSA) is 104 Å². The summed E-state index contributed by atoms with van der Waals surface area (Å²) < 4.78 is 26.5. The lowest BCUT2D eigenvalue weighted by molar-refractivity contribution is 0.475. The summed E-state index contributed by atoms with van der Waals surface area (Å²) in [5, 5.41) is 11.9. The van der Waals surface area contributed by atoms with Gasteiger partial charge in [-0.15, -0.1) is 0 Å². The molecule has 0 amide bonds. The van der Waals surface area contributed by atoms with Crippen LogP contribution in [0.1, 0.15) is 5.56 Å². The standard InChI is InChI=1S/C13H16N4O3S/c1-14-13-15-8-12(9-16-13)21(19,20)17-7-6-10-2-4-11(18)5-3-10/h2-5,8-9,17-18H,6-7H2,1H3,(H,14,15,16). The van der Waals surface area contributed by atoms with Gasteiger partial charge in [-0.2, -0.15) is 0 Å². The van der Waals surface area contributed by atoms with Crippen molar-refractivity contribution < 1.29 is 13.5 Å². The Balaban J connectivity index is 1.95. The maximum atomic E-state index is 12.0. The molecule has 0 aliphatic rings. The largest absolute Gasteiger partial charge is 0.508 e. The van der Waals surface area contributed by atoms with E-state index in [4.69, 9.17) is 0 Å². The molecule has 2 rings (SSSR count). The van der Waals surface area contributed by atoms with Gasteiger partial charge < -0.3 is 10.4 Å². The Hall–Kier alpha value is -2.19. The molecular formula is C13H16N4O3S. The van der Waals surface area contributed by atoms with Crippen LogP contribution in [-0.4, -0.2) is 37.1 Å². The molecule has 2 aromatic rings. The SMILES string of the molecule is CNc1ncc(S(=O)(=O)NCCc2ccc(O)cc2)cn1. The van der Waals surface area contributed by atoms with E-state index in [1.807, 2.05) is 0 Å². The summed E-state index contributed by atoms with van der Waals surface area (Å²) in [6.45, 7) is 0.251. The molecule has 0 aliphatic heterocycles. The van der Waals surface area contributed by atoms with Crippen LogP contribution in [0.15, 0.2) is 41.6 Å². The predicted molar refractivity (Wildman–Crippen MR) is 78.6 cm³/mol. The molecular weight excluding hydrogens is 292 g/mol. The lowest BCUT2D eigenvalue weighted by Gasteiger charge is -2.07. The molecule has 0 aliphatic carbocycles. The van der Waals surface area contributed by atoms with Crippen molar-refractivity contribution in [2.75, 3.05) is 18.9 Å². The van der Waals surface area contributed by atoms with E-state index in [0.29, 0.717) is 12.4 Å². The maximum Gasteiger partial charge on any atom is 0.243 e. The number of phenols is 1. The molecule has 0 saturated heterocycles. The van der Waals surface area contributed by atoms with E-state index in [9.17, 15) is 13.5 Å². The minimum Gasteiger partial charge on any atom is -0.508 e. The van der Waals surface area contributed by atoms with Crippen LogP contribution in [0.3, 0.4) is 0 Å². The van der Waals surface area contributed by atoms with Crippen molar-refractivity contribution >= 4 is 16.0 Å². The predicted octanol–water partition coefficient (Wildman–Crippen LogP) is 0.745. The zero-order chi connectivity index (χ0) is 15.3. The van der Waals surface area contributed by atoms with Crippen LogP contribution >= 0.6 is 0 Å². The van der Waals surface area contributed by atoms with Crippen molar-refractivity contribution in [3.63, 3.8) is 0 Å². The highest BCUT2D eigenvalue weighted by Crippen LogP contribution is 2.10. The number of hydrogen-bond acceptors (Lipinski definition) is 6. The number of phenolic OH excluding ortho intramolecular Hbond substituents is 1. The van der Waals surface area contributed by atoms with Crippen LogP contribution in [0, 0.1) is 0 Å². The molecule has 0 saturated carbocycles. The summed E-state index contributed by atoms with van der Waals surface area (Å²) in [5.41, 5.74) is 0.928. The van der Waals surface area contributed by atoms with E-state index >= 15 is 0 Å². The summed E-state index contributed by atoms with van der Waals surface area (Å²) in [5.74, 6) is 0.541. The van der Waals surface area contributed by atoms with Crippen LogP contribution < -0.4 is 10.0 Å². The van der Waals surface area contributed by atoms with E-state index in [1.54, 1.807) is 31.3 Å². The van der Waals surface area contributed by atoms with E-state index in [0.717, 1.165) is 5.56 Å². The van der Waals surface area contributed by atoms with Crippen molar-refractivity contribution in [2.45, 2.75) is 11.3 Å². The molecule has 0 radical (unpaired) electrons. The molecule has 0 spiro atoms. The molecule has 7 nitrogen and oxygen atoms in total. The summed E-state index contributed by atoms with van der Waals surface area (Å²) in [4.78, 5) is 7.76. The fraction of sp³-hybridized carbons (Fsp3) is 0.231. The highest BCUT2D eigenvalue weighted by Gasteiger charge is 2.14. The molecule has 0 unspecified atom stereocenters. The molecule has 0 fully saturated rings. The van der Waals surface area contributed by atoms with Crippen molar-refractivity contribution in [2.24, 2.45) is 0 Å². The number of hydrogen-bond donors (Lipinski definition) is 3. The Morgan fingerprint density at radius 3 is 2.33 bits per heavy atom. The first kappa shape index (κ1) is 15.2.